The van der Waals surface area contributed by atoms with E-state index in [1.807, 2.05) is 41.3 Å². The maximum absolute atomic E-state index is 13.1. The maximum atomic E-state index is 13.1. The predicted octanol–water partition coefficient (Wildman–Crippen LogP) is 2.23. The summed E-state index contributed by atoms with van der Waals surface area (Å²) in [5.74, 6) is 1.77. The number of pyridine rings is 1. The van der Waals surface area contributed by atoms with Gasteiger partial charge in [-0.1, -0.05) is 24.3 Å². The molecule has 0 N–H and O–H groups in total. The minimum absolute atomic E-state index is 0.0405. The Kier molecular flexibility index (Phi) is 3.55. The second-order valence-corrected chi connectivity index (χ2v) is 7.06. The number of carbonyl (C=O) groups excluding carboxylic acids is 1. The first-order chi connectivity index (χ1) is 12.8. The van der Waals surface area contributed by atoms with Crippen LogP contribution in [-0.4, -0.2) is 51.9 Å². The lowest BCUT2D eigenvalue weighted by molar-refractivity contribution is 0.0779. The van der Waals surface area contributed by atoms with E-state index < -0.39 is 0 Å². The first-order valence-electron chi connectivity index (χ1n) is 8.94. The van der Waals surface area contributed by atoms with Gasteiger partial charge >= 0.3 is 0 Å². The summed E-state index contributed by atoms with van der Waals surface area (Å²) in [5.41, 5.74) is 0.561. The van der Waals surface area contributed by atoms with Gasteiger partial charge in [0.05, 0.1) is 0 Å². The van der Waals surface area contributed by atoms with Crippen molar-refractivity contribution in [3.63, 3.8) is 0 Å². The van der Waals surface area contributed by atoms with Crippen LogP contribution in [0.25, 0.3) is 10.8 Å². The molecular formula is C20H19N5O. The Labute approximate surface area is 151 Å². The van der Waals surface area contributed by atoms with E-state index in [0.717, 1.165) is 42.9 Å². The van der Waals surface area contributed by atoms with E-state index in [2.05, 4.69) is 19.9 Å². The van der Waals surface area contributed by atoms with Crippen LogP contribution in [0.5, 0.6) is 0 Å². The number of aromatic nitrogens is 3. The lowest BCUT2D eigenvalue weighted by atomic mass is 10.0. The normalized spacial score (nSPS) is 22.0. The van der Waals surface area contributed by atoms with Crippen LogP contribution >= 0.6 is 0 Å². The van der Waals surface area contributed by atoms with Gasteiger partial charge < -0.3 is 9.80 Å². The lowest BCUT2D eigenvalue weighted by Gasteiger charge is -2.21. The average Bonchev–Trinajstić information content (AvgIpc) is 3.27. The summed E-state index contributed by atoms with van der Waals surface area (Å²) in [6.07, 6.45) is 5.28. The monoisotopic (exact) mass is 345 g/mol. The van der Waals surface area contributed by atoms with Gasteiger partial charge in [0.1, 0.15) is 5.69 Å². The number of amides is 1. The van der Waals surface area contributed by atoms with Crippen LogP contribution in [0.3, 0.4) is 0 Å². The highest BCUT2D eigenvalue weighted by molar-refractivity contribution is 6.05. The van der Waals surface area contributed by atoms with Crippen LogP contribution in [0, 0.1) is 11.8 Å². The maximum Gasteiger partial charge on any atom is 0.273 e. The van der Waals surface area contributed by atoms with Crippen LogP contribution in [0.2, 0.25) is 0 Å². The molecule has 4 heterocycles. The highest BCUT2D eigenvalue weighted by Gasteiger charge is 2.42. The Morgan fingerprint density at radius 3 is 2.35 bits per heavy atom. The number of nitrogens with zero attached hydrogens (tertiary/aromatic N) is 5. The highest BCUT2D eigenvalue weighted by atomic mass is 16.2. The quantitative estimate of drug-likeness (QED) is 0.713. The number of fused-ring (bicyclic) bond motifs is 2. The molecule has 2 fully saturated rings. The summed E-state index contributed by atoms with van der Waals surface area (Å²) in [7, 11) is 0. The van der Waals surface area contributed by atoms with Gasteiger partial charge in [0.15, 0.2) is 0 Å². The molecule has 130 valence electrons. The molecule has 0 radical (unpaired) electrons. The molecule has 1 aromatic carbocycles. The van der Waals surface area contributed by atoms with Crippen molar-refractivity contribution in [2.75, 3.05) is 31.1 Å². The molecule has 2 aliphatic heterocycles. The first kappa shape index (κ1) is 15.3. The Hall–Kier alpha value is -3.02. The fourth-order valence-electron chi connectivity index (χ4n) is 4.22. The number of hydrogen-bond acceptors (Lipinski definition) is 5. The van der Waals surface area contributed by atoms with E-state index in [4.69, 9.17) is 0 Å². The molecule has 3 aromatic rings. The molecule has 0 saturated carbocycles. The third-order valence-electron chi connectivity index (χ3n) is 5.48. The van der Waals surface area contributed by atoms with Gasteiger partial charge in [-0.05, 0) is 17.5 Å². The van der Waals surface area contributed by atoms with Gasteiger partial charge in [0, 0.05) is 62.0 Å². The smallest absolute Gasteiger partial charge is 0.273 e. The molecule has 2 saturated heterocycles. The average molecular weight is 345 g/mol. The topological polar surface area (TPSA) is 62.2 Å². The number of likely N-dealkylation sites (tertiary alicyclic amines) is 1. The summed E-state index contributed by atoms with van der Waals surface area (Å²) in [6, 6.07) is 11.7. The summed E-state index contributed by atoms with van der Waals surface area (Å²) in [4.78, 5) is 30.3. The number of anilines is 1. The Morgan fingerprint density at radius 1 is 0.846 bits per heavy atom. The minimum atomic E-state index is 0.0405. The summed E-state index contributed by atoms with van der Waals surface area (Å²) < 4.78 is 0. The number of rotatable bonds is 2. The van der Waals surface area contributed by atoms with Crippen molar-refractivity contribution in [1.29, 1.82) is 0 Å². The first-order valence-corrected chi connectivity index (χ1v) is 8.94. The third-order valence-corrected chi connectivity index (χ3v) is 5.48. The van der Waals surface area contributed by atoms with E-state index in [9.17, 15) is 4.79 Å². The number of hydrogen-bond donors (Lipinski definition) is 0. The second-order valence-electron chi connectivity index (χ2n) is 7.06. The van der Waals surface area contributed by atoms with Gasteiger partial charge in [0.25, 0.3) is 5.91 Å². The second kappa shape index (κ2) is 6.05. The van der Waals surface area contributed by atoms with E-state index in [1.54, 1.807) is 18.6 Å². The van der Waals surface area contributed by atoms with Gasteiger partial charge in [-0.3, -0.25) is 9.78 Å². The SMILES string of the molecule is O=C(c1nccc2ccccc12)N1CC2CN(c3ncccn3)CC2C1. The van der Waals surface area contributed by atoms with Crippen molar-refractivity contribution >= 4 is 22.6 Å². The number of carbonyl (C=O) groups is 1. The molecule has 2 unspecified atom stereocenters. The molecule has 0 aliphatic carbocycles. The molecule has 6 nitrogen and oxygen atoms in total. The van der Waals surface area contributed by atoms with Crippen LogP contribution in [-0.2, 0) is 0 Å². The standard InChI is InChI=1S/C20H19N5O/c26-19(18-17-5-2-1-4-14(17)6-9-21-18)24-10-15-12-25(13-16(15)11-24)20-22-7-3-8-23-20/h1-9,15-16H,10-13H2. The van der Waals surface area contributed by atoms with Crippen molar-refractivity contribution < 1.29 is 4.79 Å². The van der Waals surface area contributed by atoms with E-state index in [1.165, 1.54) is 0 Å². The molecule has 6 heteroatoms. The lowest BCUT2D eigenvalue weighted by Crippen LogP contribution is -2.34. The Bertz CT molecular complexity index is 941. The molecule has 5 rings (SSSR count). The van der Waals surface area contributed by atoms with E-state index in [0.29, 0.717) is 17.5 Å². The molecule has 26 heavy (non-hydrogen) atoms. The van der Waals surface area contributed by atoms with Gasteiger partial charge in [0.2, 0.25) is 5.95 Å². The fraction of sp³-hybridized carbons (Fsp3) is 0.300. The van der Waals surface area contributed by atoms with Gasteiger partial charge in [-0.15, -0.1) is 0 Å². The molecular weight excluding hydrogens is 326 g/mol. The number of benzene rings is 1. The van der Waals surface area contributed by atoms with Crippen molar-refractivity contribution in [2.45, 2.75) is 0 Å². The molecule has 0 bridgehead atoms. The summed E-state index contributed by atoms with van der Waals surface area (Å²) in [6.45, 7) is 3.36. The summed E-state index contributed by atoms with van der Waals surface area (Å²) in [5, 5.41) is 1.98. The van der Waals surface area contributed by atoms with Crippen LogP contribution in [0.4, 0.5) is 5.95 Å². The Balaban J connectivity index is 1.34. The summed E-state index contributed by atoms with van der Waals surface area (Å²) >= 11 is 0. The zero-order valence-corrected chi connectivity index (χ0v) is 14.3. The fourth-order valence-corrected chi connectivity index (χ4v) is 4.22. The van der Waals surface area contributed by atoms with E-state index in [-0.39, 0.29) is 5.91 Å². The molecule has 0 spiro atoms. The zero-order chi connectivity index (χ0) is 17.5. The van der Waals surface area contributed by atoms with Crippen molar-refractivity contribution in [3.8, 4) is 0 Å². The van der Waals surface area contributed by atoms with Crippen LogP contribution in [0.1, 0.15) is 10.5 Å². The highest BCUT2D eigenvalue weighted by Crippen LogP contribution is 2.33. The molecule has 2 aliphatic rings. The van der Waals surface area contributed by atoms with Gasteiger partial charge in [-0.25, -0.2) is 9.97 Å². The Morgan fingerprint density at radius 2 is 1.58 bits per heavy atom. The van der Waals surface area contributed by atoms with Crippen LogP contribution in [0.15, 0.2) is 55.0 Å². The third kappa shape index (κ3) is 2.49. The predicted molar refractivity (Wildman–Crippen MR) is 98.9 cm³/mol. The van der Waals surface area contributed by atoms with Crippen molar-refractivity contribution in [2.24, 2.45) is 11.8 Å². The largest absolute Gasteiger partial charge is 0.340 e. The minimum Gasteiger partial charge on any atom is -0.340 e. The van der Waals surface area contributed by atoms with Crippen molar-refractivity contribution in [3.05, 3.63) is 60.7 Å². The van der Waals surface area contributed by atoms with Crippen LogP contribution < -0.4 is 4.90 Å². The molecule has 2 atom stereocenters. The van der Waals surface area contributed by atoms with E-state index >= 15 is 0 Å². The van der Waals surface area contributed by atoms with Gasteiger partial charge in [-0.2, -0.15) is 0 Å². The van der Waals surface area contributed by atoms with Crippen molar-refractivity contribution in [1.82, 2.24) is 19.9 Å². The zero-order valence-electron chi connectivity index (χ0n) is 14.3. The molecule has 1 amide bonds. The molecule has 2 aromatic heterocycles.